The van der Waals surface area contributed by atoms with Gasteiger partial charge in [0.15, 0.2) is 0 Å². The van der Waals surface area contributed by atoms with Crippen LogP contribution in [0.4, 0.5) is 0 Å². The van der Waals surface area contributed by atoms with E-state index >= 15 is 0 Å². The lowest BCUT2D eigenvalue weighted by Crippen LogP contribution is -2.50. The molecule has 1 aliphatic rings. The minimum atomic E-state index is -0.138. The van der Waals surface area contributed by atoms with Crippen molar-refractivity contribution in [3.05, 3.63) is 65.7 Å². The second-order valence-electron chi connectivity index (χ2n) is 7.18. The lowest BCUT2D eigenvalue weighted by Gasteiger charge is -2.30. The van der Waals surface area contributed by atoms with Crippen molar-refractivity contribution in [2.75, 3.05) is 46.4 Å². The first-order valence-electron chi connectivity index (χ1n) is 10.1. The van der Waals surface area contributed by atoms with Crippen molar-refractivity contribution < 1.29 is 14.3 Å². The summed E-state index contributed by atoms with van der Waals surface area (Å²) >= 11 is 0. The van der Waals surface area contributed by atoms with E-state index in [4.69, 9.17) is 4.74 Å². The van der Waals surface area contributed by atoms with Crippen LogP contribution in [0, 0.1) is 0 Å². The molecule has 0 aromatic heterocycles. The Morgan fingerprint density at radius 1 is 1.07 bits per heavy atom. The summed E-state index contributed by atoms with van der Waals surface area (Å²) in [6, 6.07) is 17.3. The number of nitrogens with one attached hydrogen (secondary N) is 1. The minimum Gasteiger partial charge on any atom is -0.497 e. The van der Waals surface area contributed by atoms with Gasteiger partial charge in [-0.15, -0.1) is 0 Å². The first-order valence-corrected chi connectivity index (χ1v) is 10.1. The van der Waals surface area contributed by atoms with Gasteiger partial charge in [0.05, 0.1) is 7.11 Å². The van der Waals surface area contributed by atoms with Gasteiger partial charge in [0.25, 0.3) is 5.91 Å². The molecular formula is C23H29N3O3. The van der Waals surface area contributed by atoms with Gasteiger partial charge in [-0.05, 0) is 36.6 Å². The molecule has 0 saturated carbocycles. The Balaban J connectivity index is 1.68. The van der Waals surface area contributed by atoms with Crippen molar-refractivity contribution in [2.45, 2.75) is 12.8 Å². The van der Waals surface area contributed by atoms with E-state index < -0.39 is 0 Å². The Hall–Kier alpha value is -2.86. The molecule has 6 heteroatoms. The fraction of sp³-hybridized carbons (Fsp3) is 0.391. The summed E-state index contributed by atoms with van der Waals surface area (Å²) < 4.78 is 5.25. The van der Waals surface area contributed by atoms with Crippen molar-refractivity contribution in [3.63, 3.8) is 0 Å². The molecule has 2 aromatic rings. The molecule has 154 valence electrons. The summed E-state index contributed by atoms with van der Waals surface area (Å²) in [7, 11) is 1.58. The zero-order valence-corrected chi connectivity index (χ0v) is 17.0. The van der Waals surface area contributed by atoms with Crippen LogP contribution in [0.1, 0.15) is 22.3 Å². The number of ether oxygens (including phenoxy) is 1. The van der Waals surface area contributed by atoms with Crippen LogP contribution in [0.5, 0.6) is 5.75 Å². The molecule has 3 rings (SSSR count). The number of benzene rings is 2. The van der Waals surface area contributed by atoms with Crippen LogP contribution in [0.2, 0.25) is 0 Å². The molecule has 1 heterocycles. The molecule has 29 heavy (non-hydrogen) atoms. The number of hydrogen-bond donors (Lipinski definition) is 1. The molecule has 0 unspecified atom stereocenters. The molecule has 2 amide bonds. The van der Waals surface area contributed by atoms with Gasteiger partial charge in [-0.25, -0.2) is 0 Å². The normalized spacial score (nSPS) is 13.8. The van der Waals surface area contributed by atoms with Crippen molar-refractivity contribution >= 4 is 11.8 Å². The Morgan fingerprint density at radius 2 is 1.83 bits per heavy atom. The maximum atomic E-state index is 13.2. The number of hydrogen-bond acceptors (Lipinski definition) is 4. The van der Waals surface area contributed by atoms with Gasteiger partial charge in [0.1, 0.15) is 12.3 Å². The standard InChI is InChI=1S/C23H29N3O3/c1-29-21-11-5-10-20(17-21)23(28)26(14-6-9-19-7-3-2-4-8-19)18-22(27)25-15-12-24-13-16-25/h2-5,7-8,10-11,17,24H,6,9,12-16,18H2,1H3. The van der Waals surface area contributed by atoms with E-state index in [1.165, 1.54) is 5.56 Å². The predicted octanol–water partition coefficient (Wildman–Crippen LogP) is 2.20. The summed E-state index contributed by atoms with van der Waals surface area (Å²) in [5.74, 6) is 0.497. The van der Waals surface area contributed by atoms with E-state index in [-0.39, 0.29) is 18.4 Å². The zero-order valence-electron chi connectivity index (χ0n) is 17.0. The Morgan fingerprint density at radius 3 is 2.55 bits per heavy atom. The fourth-order valence-corrected chi connectivity index (χ4v) is 3.49. The van der Waals surface area contributed by atoms with E-state index in [1.54, 1.807) is 30.2 Å². The zero-order chi connectivity index (χ0) is 20.5. The molecule has 1 fully saturated rings. The number of rotatable bonds is 8. The molecular weight excluding hydrogens is 366 g/mol. The van der Waals surface area contributed by atoms with Gasteiger partial charge < -0.3 is 19.9 Å². The fourth-order valence-electron chi connectivity index (χ4n) is 3.49. The van der Waals surface area contributed by atoms with Gasteiger partial charge in [-0.2, -0.15) is 0 Å². The molecule has 2 aromatic carbocycles. The molecule has 1 aliphatic heterocycles. The van der Waals surface area contributed by atoms with E-state index in [0.29, 0.717) is 30.9 Å². The van der Waals surface area contributed by atoms with Gasteiger partial charge >= 0.3 is 0 Å². The second kappa shape index (κ2) is 10.6. The summed E-state index contributed by atoms with van der Waals surface area (Å²) in [5.41, 5.74) is 1.77. The maximum absolute atomic E-state index is 13.2. The van der Waals surface area contributed by atoms with Crippen molar-refractivity contribution in [2.24, 2.45) is 0 Å². The quantitative estimate of drug-likeness (QED) is 0.744. The van der Waals surface area contributed by atoms with Crippen LogP contribution in [0.15, 0.2) is 54.6 Å². The average molecular weight is 396 g/mol. The topological polar surface area (TPSA) is 61.9 Å². The number of aryl methyl sites for hydroxylation is 1. The SMILES string of the molecule is COc1cccc(C(=O)N(CCCc2ccccc2)CC(=O)N2CCNCC2)c1. The average Bonchev–Trinajstić information content (AvgIpc) is 2.79. The maximum Gasteiger partial charge on any atom is 0.254 e. The predicted molar refractivity (Wildman–Crippen MR) is 113 cm³/mol. The smallest absolute Gasteiger partial charge is 0.254 e. The summed E-state index contributed by atoms with van der Waals surface area (Å²) in [4.78, 5) is 29.4. The van der Waals surface area contributed by atoms with Gasteiger partial charge in [-0.1, -0.05) is 36.4 Å². The molecule has 0 atom stereocenters. The van der Waals surface area contributed by atoms with E-state index in [0.717, 1.165) is 25.9 Å². The number of methoxy groups -OCH3 is 1. The molecule has 0 bridgehead atoms. The minimum absolute atomic E-state index is 0.00228. The summed E-state index contributed by atoms with van der Waals surface area (Å²) in [6.07, 6.45) is 1.67. The number of nitrogens with zero attached hydrogens (tertiary/aromatic N) is 2. The highest BCUT2D eigenvalue weighted by Gasteiger charge is 2.23. The molecule has 0 radical (unpaired) electrons. The van der Waals surface area contributed by atoms with Gasteiger partial charge in [0, 0.05) is 38.3 Å². The monoisotopic (exact) mass is 395 g/mol. The summed E-state index contributed by atoms with van der Waals surface area (Å²) in [6.45, 7) is 3.59. The highest BCUT2D eigenvalue weighted by atomic mass is 16.5. The second-order valence-corrected chi connectivity index (χ2v) is 7.18. The third-order valence-corrected chi connectivity index (χ3v) is 5.14. The number of carbonyl (C=O) groups is 2. The van der Waals surface area contributed by atoms with Gasteiger partial charge in [0.2, 0.25) is 5.91 Å². The molecule has 6 nitrogen and oxygen atoms in total. The Kier molecular flexibility index (Phi) is 7.64. The third-order valence-electron chi connectivity index (χ3n) is 5.14. The third kappa shape index (κ3) is 6.06. The van der Waals surface area contributed by atoms with Crippen molar-refractivity contribution in [1.82, 2.24) is 15.1 Å². The van der Waals surface area contributed by atoms with Crippen LogP contribution >= 0.6 is 0 Å². The first kappa shape index (κ1) is 20.9. The number of amides is 2. The van der Waals surface area contributed by atoms with Crippen molar-refractivity contribution in [1.29, 1.82) is 0 Å². The molecule has 0 spiro atoms. The van der Waals surface area contributed by atoms with Crippen LogP contribution in [-0.4, -0.2) is 68.0 Å². The number of carbonyl (C=O) groups excluding carboxylic acids is 2. The van der Waals surface area contributed by atoms with E-state index in [9.17, 15) is 9.59 Å². The first-order chi connectivity index (χ1) is 14.2. The molecule has 1 N–H and O–H groups in total. The highest BCUT2D eigenvalue weighted by Crippen LogP contribution is 2.15. The Bertz CT molecular complexity index is 804. The van der Waals surface area contributed by atoms with Crippen LogP contribution in [0.3, 0.4) is 0 Å². The largest absolute Gasteiger partial charge is 0.497 e. The van der Waals surface area contributed by atoms with Crippen LogP contribution in [0.25, 0.3) is 0 Å². The lowest BCUT2D eigenvalue weighted by atomic mass is 10.1. The van der Waals surface area contributed by atoms with Crippen molar-refractivity contribution in [3.8, 4) is 5.75 Å². The van der Waals surface area contributed by atoms with E-state index in [2.05, 4.69) is 17.4 Å². The summed E-state index contributed by atoms with van der Waals surface area (Å²) in [5, 5.41) is 3.25. The lowest BCUT2D eigenvalue weighted by molar-refractivity contribution is -0.132. The van der Waals surface area contributed by atoms with Crippen LogP contribution in [-0.2, 0) is 11.2 Å². The molecule has 0 aliphatic carbocycles. The van der Waals surface area contributed by atoms with E-state index in [1.807, 2.05) is 29.2 Å². The van der Waals surface area contributed by atoms with Crippen LogP contribution < -0.4 is 10.1 Å². The Labute approximate surface area is 172 Å². The number of piperazine rings is 1. The highest BCUT2D eigenvalue weighted by molar-refractivity contribution is 5.96. The molecule has 1 saturated heterocycles. The van der Waals surface area contributed by atoms with Gasteiger partial charge in [-0.3, -0.25) is 9.59 Å².